The summed E-state index contributed by atoms with van der Waals surface area (Å²) < 4.78 is 5.73. The highest BCUT2D eigenvalue weighted by molar-refractivity contribution is 7.96. The summed E-state index contributed by atoms with van der Waals surface area (Å²) in [6, 6.07) is 5.28. The Morgan fingerprint density at radius 3 is 2.59 bits per heavy atom. The first-order valence-corrected chi connectivity index (χ1v) is 12.5. The molecule has 0 saturated carbocycles. The Hall–Kier alpha value is -2.26. The van der Waals surface area contributed by atoms with Gasteiger partial charge >= 0.3 is 6.09 Å². The van der Waals surface area contributed by atoms with E-state index in [0.717, 1.165) is 24.8 Å². The number of amides is 3. The van der Waals surface area contributed by atoms with Gasteiger partial charge < -0.3 is 20.7 Å². The number of cyclic esters (lactones) is 1. The molecular formula is C24H34ClN3O5S. The molecule has 0 radical (unpaired) electrons. The van der Waals surface area contributed by atoms with Gasteiger partial charge in [-0.1, -0.05) is 44.0 Å². The summed E-state index contributed by atoms with van der Waals surface area (Å²) >= 11 is 10.00. The van der Waals surface area contributed by atoms with E-state index in [2.05, 4.69) is 28.6 Å². The van der Waals surface area contributed by atoms with Crippen molar-refractivity contribution >= 4 is 47.3 Å². The minimum Gasteiger partial charge on any atom is -0.441 e. The number of rotatable bonds is 4. The second-order valence-electron chi connectivity index (χ2n) is 8.91. The van der Waals surface area contributed by atoms with E-state index >= 15 is 0 Å². The van der Waals surface area contributed by atoms with Gasteiger partial charge in [-0.2, -0.15) is 0 Å². The van der Waals surface area contributed by atoms with Gasteiger partial charge in [0.1, 0.15) is 12.1 Å². The minimum atomic E-state index is -0.941. The molecule has 10 heteroatoms. The standard InChI is InChI=1S/C24H34ClN3O5S/c1-15(2)13-19-22(30)27-18(23(31)34)10-11-21(29)26-12-5-3-4-9-20(33-24(32)28-19)16-7-6-8-17(25)14-16/h6-8,14-15,18-20H,3-5,9-13H2,1-2H3,(H,26,29)(H,27,30)(H,28,32)(H,31,34)/t18-,19-,20-/m0/s1. The number of ether oxygens (including phenoxy) is 1. The van der Waals surface area contributed by atoms with E-state index in [1.54, 1.807) is 18.2 Å². The van der Waals surface area contributed by atoms with Gasteiger partial charge in [0.15, 0.2) is 0 Å². The zero-order valence-electron chi connectivity index (χ0n) is 19.6. The highest BCUT2D eigenvalue weighted by atomic mass is 35.5. The van der Waals surface area contributed by atoms with E-state index in [1.807, 2.05) is 19.9 Å². The van der Waals surface area contributed by atoms with Crippen molar-refractivity contribution in [2.24, 2.45) is 5.92 Å². The smallest absolute Gasteiger partial charge is 0.408 e. The molecule has 1 aromatic rings. The molecule has 1 heterocycles. The fraction of sp³-hybridized carbons (Fsp3) is 0.583. The first-order chi connectivity index (χ1) is 16.2. The average molecular weight is 512 g/mol. The minimum absolute atomic E-state index is 0.0818. The molecule has 8 nitrogen and oxygen atoms in total. The van der Waals surface area contributed by atoms with E-state index in [9.17, 15) is 19.2 Å². The zero-order chi connectivity index (χ0) is 25.1. The maximum atomic E-state index is 13.0. The lowest BCUT2D eigenvalue weighted by atomic mass is 10.0. The second kappa shape index (κ2) is 14.2. The number of alkyl carbamates (subject to hydrolysis) is 1. The third-order valence-corrected chi connectivity index (χ3v) is 6.07. The quantitative estimate of drug-likeness (QED) is 0.457. The molecule has 3 atom stereocenters. The zero-order valence-corrected chi connectivity index (χ0v) is 21.3. The van der Waals surface area contributed by atoms with Crippen LogP contribution in [0.3, 0.4) is 0 Å². The Balaban J connectivity index is 2.24. The van der Waals surface area contributed by atoms with Crippen LogP contribution in [0.2, 0.25) is 5.02 Å². The molecule has 0 aliphatic carbocycles. The lowest BCUT2D eigenvalue weighted by Crippen LogP contribution is -2.51. The largest absolute Gasteiger partial charge is 0.441 e. The SMILES string of the molecule is CC(C)C[C@@H]1NC(=O)O[C@H](c2cccc(Cl)c2)CCCCCNC(=O)CC[C@@H](C(=O)S)NC1=O. The van der Waals surface area contributed by atoms with Gasteiger partial charge in [0, 0.05) is 18.0 Å². The number of hydrogen-bond donors (Lipinski definition) is 4. The Kier molecular flexibility index (Phi) is 11.7. The summed E-state index contributed by atoms with van der Waals surface area (Å²) in [5.74, 6) is -0.628. The summed E-state index contributed by atoms with van der Waals surface area (Å²) in [6.07, 6.45) is 2.22. The van der Waals surface area contributed by atoms with Crippen LogP contribution in [0, 0.1) is 5.92 Å². The van der Waals surface area contributed by atoms with Crippen LogP contribution in [0.15, 0.2) is 24.3 Å². The van der Waals surface area contributed by atoms with E-state index in [1.165, 1.54) is 0 Å². The Labute approximate surface area is 211 Å². The topological polar surface area (TPSA) is 114 Å². The van der Waals surface area contributed by atoms with Crippen LogP contribution >= 0.6 is 24.2 Å². The summed E-state index contributed by atoms with van der Waals surface area (Å²) in [4.78, 5) is 49.9. The van der Waals surface area contributed by atoms with Gasteiger partial charge in [0.05, 0.1) is 6.04 Å². The maximum absolute atomic E-state index is 13.0. The van der Waals surface area contributed by atoms with Gasteiger partial charge in [0.25, 0.3) is 0 Å². The van der Waals surface area contributed by atoms with Crippen molar-refractivity contribution in [3.05, 3.63) is 34.9 Å². The van der Waals surface area contributed by atoms with E-state index in [0.29, 0.717) is 24.4 Å². The highest BCUT2D eigenvalue weighted by Gasteiger charge is 2.28. The van der Waals surface area contributed by atoms with Crippen molar-refractivity contribution in [2.45, 2.75) is 77.0 Å². The number of carbonyl (C=O) groups is 4. The highest BCUT2D eigenvalue weighted by Crippen LogP contribution is 2.26. The Morgan fingerprint density at radius 1 is 1.15 bits per heavy atom. The van der Waals surface area contributed by atoms with Crippen molar-refractivity contribution in [3.63, 3.8) is 0 Å². The summed E-state index contributed by atoms with van der Waals surface area (Å²) in [5, 5.41) is 8.10. The van der Waals surface area contributed by atoms with Gasteiger partial charge in [-0.05, 0) is 55.7 Å². The number of hydrogen-bond acceptors (Lipinski definition) is 5. The predicted molar refractivity (Wildman–Crippen MR) is 134 cm³/mol. The number of nitrogens with one attached hydrogen (secondary N) is 3. The molecule has 3 amide bonds. The molecule has 34 heavy (non-hydrogen) atoms. The van der Waals surface area contributed by atoms with Crippen molar-refractivity contribution in [3.8, 4) is 0 Å². The molecule has 0 spiro atoms. The van der Waals surface area contributed by atoms with Crippen molar-refractivity contribution in [1.29, 1.82) is 0 Å². The molecule has 1 aromatic carbocycles. The molecule has 0 aromatic heterocycles. The summed E-state index contributed by atoms with van der Waals surface area (Å²) in [6.45, 7) is 4.34. The molecule has 3 N–H and O–H groups in total. The molecule has 1 saturated heterocycles. The van der Waals surface area contributed by atoms with Crippen LogP contribution in [0.4, 0.5) is 4.79 Å². The van der Waals surface area contributed by atoms with Crippen molar-refractivity contribution in [1.82, 2.24) is 16.0 Å². The fourth-order valence-electron chi connectivity index (χ4n) is 3.76. The Morgan fingerprint density at radius 2 is 1.91 bits per heavy atom. The molecular weight excluding hydrogens is 478 g/mol. The third kappa shape index (κ3) is 9.93. The van der Waals surface area contributed by atoms with Crippen LogP contribution < -0.4 is 16.0 Å². The lowest BCUT2D eigenvalue weighted by Gasteiger charge is -2.24. The monoisotopic (exact) mass is 511 g/mol. The number of carbonyl (C=O) groups excluding carboxylic acids is 4. The number of halogens is 1. The normalized spacial score (nSPS) is 23.8. The molecule has 1 aliphatic rings. The van der Waals surface area contributed by atoms with E-state index in [-0.39, 0.29) is 24.7 Å². The first kappa shape index (κ1) is 28.0. The van der Waals surface area contributed by atoms with Crippen LogP contribution in [-0.4, -0.2) is 41.7 Å². The van der Waals surface area contributed by atoms with E-state index in [4.69, 9.17) is 16.3 Å². The van der Waals surface area contributed by atoms with Gasteiger partial charge in [-0.3, -0.25) is 14.4 Å². The lowest BCUT2D eigenvalue weighted by molar-refractivity contribution is -0.127. The molecule has 188 valence electrons. The van der Waals surface area contributed by atoms with Gasteiger partial charge in [-0.25, -0.2) is 4.79 Å². The number of thiol groups is 1. The number of benzene rings is 1. The predicted octanol–water partition coefficient (Wildman–Crippen LogP) is 3.93. The molecule has 2 rings (SSSR count). The fourth-order valence-corrected chi connectivity index (χ4v) is 4.15. The first-order valence-electron chi connectivity index (χ1n) is 11.7. The second-order valence-corrected chi connectivity index (χ2v) is 9.79. The summed E-state index contributed by atoms with van der Waals surface area (Å²) in [5.41, 5.74) is 0.763. The molecule has 1 aliphatic heterocycles. The van der Waals surface area contributed by atoms with Crippen molar-refractivity contribution < 1.29 is 23.9 Å². The maximum Gasteiger partial charge on any atom is 0.408 e. The van der Waals surface area contributed by atoms with Crippen LogP contribution in [0.1, 0.15) is 70.5 Å². The van der Waals surface area contributed by atoms with Crippen LogP contribution in [0.5, 0.6) is 0 Å². The van der Waals surface area contributed by atoms with Crippen LogP contribution in [0.25, 0.3) is 0 Å². The van der Waals surface area contributed by atoms with Gasteiger partial charge in [0.2, 0.25) is 16.9 Å². The molecule has 0 unspecified atom stereocenters. The van der Waals surface area contributed by atoms with Crippen LogP contribution in [-0.2, 0) is 19.1 Å². The van der Waals surface area contributed by atoms with E-state index < -0.39 is 35.3 Å². The Bertz CT molecular complexity index is 867. The van der Waals surface area contributed by atoms with Gasteiger partial charge in [-0.15, -0.1) is 12.6 Å². The molecule has 1 fully saturated rings. The molecule has 0 bridgehead atoms. The average Bonchev–Trinajstić information content (AvgIpc) is 2.76. The summed E-state index contributed by atoms with van der Waals surface area (Å²) in [7, 11) is 0. The third-order valence-electron chi connectivity index (χ3n) is 5.53. The van der Waals surface area contributed by atoms with Crippen molar-refractivity contribution in [2.75, 3.05) is 6.54 Å².